The molecule has 0 saturated carbocycles. The molecule has 2 rings (SSSR count). The smallest absolute Gasteiger partial charge is 0.303 e. The van der Waals surface area contributed by atoms with Crippen LogP contribution in [0.1, 0.15) is 38.2 Å². The highest BCUT2D eigenvalue weighted by molar-refractivity contribution is 5.79. The number of amides is 1. The number of carbonyl (C=O) groups excluding carboxylic acids is 1. The van der Waals surface area contributed by atoms with Crippen LogP contribution in [0.15, 0.2) is 24.3 Å². The third-order valence-corrected chi connectivity index (χ3v) is 4.23. The summed E-state index contributed by atoms with van der Waals surface area (Å²) < 4.78 is 5.40. The number of likely N-dealkylation sites (tertiary alicyclic amines) is 1. The summed E-state index contributed by atoms with van der Waals surface area (Å²) in [6.07, 6.45) is 3.20. The number of hydrogen-bond donors (Lipinski definition) is 1. The zero-order valence-corrected chi connectivity index (χ0v) is 13.7. The first-order valence-electron chi connectivity index (χ1n) is 8.29. The summed E-state index contributed by atoms with van der Waals surface area (Å²) in [6, 6.07) is 7.62. The van der Waals surface area contributed by atoms with Gasteiger partial charge in [0.05, 0.1) is 13.0 Å². The zero-order valence-electron chi connectivity index (χ0n) is 13.7. The Morgan fingerprint density at radius 3 is 2.70 bits per heavy atom. The summed E-state index contributed by atoms with van der Waals surface area (Å²) in [5, 5.41) is 8.78. The molecule has 23 heavy (non-hydrogen) atoms. The van der Waals surface area contributed by atoms with Gasteiger partial charge in [0.25, 0.3) is 0 Å². The van der Waals surface area contributed by atoms with Gasteiger partial charge in [-0.3, -0.25) is 9.59 Å². The molecule has 1 aromatic carbocycles. The van der Waals surface area contributed by atoms with E-state index in [9.17, 15) is 9.59 Å². The van der Waals surface area contributed by atoms with Gasteiger partial charge in [0, 0.05) is 19.5 Å². The molecule has 126 valence electrons. The molecule has 1 unspecified atom stereocenters. The predicted molar refractivity (Wildman–Crippen MR) is 87.5 cm³/mol. The SMILES string of the molecule is CCOc1ccc(CC(=O)N2CCCC(CCC(=O)O)C2)cc1. The van der Waals surface area contributed by atoms with Crippen molar-refractivity contribution < 1.29 is 19.4 Å². The van der Waals surface area contributed by atoms with Crippen molar-refractivity contribution in [3.63, 3.8) is 0 Å². The summed E-state index contributed by atoms with van der Waals surface area (Å²) in [5.41, 5.74) is 0.978. The van der Waals surface area contributed by atoms with Crippen molar-refractivity contribution in [2.75, 3.05) is 19.7 Å². The van der Waals surface area contributed by atoms with E-state index in [0.717, 1.165) is 30.7 Å². The number of hydrogen-bond acceptors (Lipinski definition) is 3. The van der Waals surface area contributed by atoms with Crippen LogP contribution >= 0.6 is 0 Å². The van der Waals surface area contributed by atoms with Gasteiger partial charge < -0.3 is 14.7 Å². The Kier molecular flexibility index (Phi) is 6.44. The minimum absolute atomic E-state index is 0.120. The Bertz CT molecular complexity index is 526. The maximum absolute atomic E-state index is 12.4. The largest absolute Gasteiger partial charge is 0.494 e. The van der Waals surface area contributed by atoms with Gasteiger partial charge in [0.2, 0.25) is 5.91 Å². The van der Waals surface area contributed by atoms with Crippen LogP contribution < -0.4 is 4.74 Å². The van der Waals surface area contributed by atoms with Crippen LogP contribution in [0.2, 0.25) is 0 Å². The van der Waals surface area contributed by atoms with Crippen LogP contribution in [-0.4, -0.2) is 41.6 Å². The number of carboxylic acid groups (broad SMARTS) is 1. The Morgan fingerprint density at radius 2 is 2.04 bits per heavy atom. The molecule has 0 radical (unpaired) electrons. The van der Waals surface area contributed by atoms with Crippen molar-refractivity contribution in [2.45, 2.75) is 39.0 Å². The zero-order chi connectivity index (χ0) is 16.7. The summed E-state index contributed by atoms with van der Waals surface area (Å²) in [7, 11) is 0. The van der Waals surface area contributed by atoms with Crippen LogP contribution in [0.3, 0.4) is 0 Å². The van der Waals surface area contributed by atoms with Crippen LogP contribution in [-0.2, 0) is 16.0 Å². The fourth-order valence-electron chi connectivity index (χ4n) is 3.01. The lowest BCUT2D eigenvalue weighted by Gasteiger charge is -2.32. The number of aliphatic carboxylic acids is 1. The van der Waals surface area contributed by atoms with E-state index >= 15 is 0 Å². The fourth-order valence-corrected chi connectivity index (χ4v) is 3.01. The van der Waals surface area contributed by atoms with Gasteiger partial charge in [-0.1, -0.05) is 12.1 Å². The molecule has 5 nitrogen and oxygen atoms in total. The van der Waals surface area contributed by atoms with Crippen molar-refractivity contribution in [3.8, 4) is 5.75 Å². The molecule has 1 aromatic rings. The van der Waals surface area contributed by atoms with E-state index in [-0.39, 0.29) is 12.3 Å². The summed E-state index contributed by atoms with van der Waals surface area (Å²) in [6.45, 7) is 4.03. The Labute approximate surface area is 137 Å². The van der Waals surface area contributed by atoms with Gasteiger partial charge in [-0.2, -0.15) is 0 Å². The number of ether oxygens (including phenoxy) is 1. The second-order valence-corrected chi connectivity index (χ2v) is 6.03. The highest BCUT2D eigenvalue weighted by atomic mass is 16.5. The number of benzene rings is 1. The number of carbonyl (C=O) groups is 2. The molecule has 1 aliphatic rings. The standard InChI is InChI=1S/C18H25NO4/c1-2-23-16-8-5-14(6-9-16)12-17(20)19-11-3-4-15(13-19)7-10-18(21)22/h5-6,8-9,15H,2-4,7,10-13H2,1H3,(H,21,22). The number of carboxylic acids is 1. The summed E-state index contributed by atoms with van der Waals surface area (Å²) >= 11 is 0. The van der Waals surface area contributed by atoms with Crippen LogP contribution in [0.25, 0.3) is 0 Å². The average Bonchev–Trinajstić information content (AvgIpc) is 2.55. The molecule has 0 spiro atoms. The molecular weight excluding hydrogens is 294 g/mol. The van der Waals surface area contributed by atoms with E-state index in [4.69, 9.17) is 9.84 Å². The lowest BCUT2D eigenvalue weighted by molar-refractivity contribution is -0.137. The van der Waals surface area contributed by atoms with E-state index in [0.29, 0.717) is 31.9 Å². The lowest BCUT2D eigenvalue weighted by Crippen LogP contribution is -2.40. The van der Waals surface area contributed by atoms with E-state index in [1.165, 1.54) is 0 Å². The van der Waals surface area contributed by atoms with Gasteiger partial charge >= 0.3 is 5.97 Å². The third kappa shape index (κ3) is 5.58. The van der Waals surface area contributed by atoms with Crippen molar-refractivity contribution >= 4 is 11.9 Å². The molecule has 1 atom stereocenters. The first-order valence-corrected chi connectivity index (χ1v) is 8.29. The predicted octanol–water partition coefficient (Wildman–Crippen LogP) is 2.73. The van der Waals surface area contributed by atoms with E-state index < -0.39 is 5.97 Å². The van der Waals surface area contributed by atoms with E-state index in [1.807, 2.05) is 36.1 Å². The Balaban J connectivity index is 1.85. The first-order chi connectivity index (χ1) is 11.1. The number of piperidine rings is 1. The van der Waals surface area contributed by atoms with Gasteiger partial charge in [0.15, 0.2) is 0 Å². The van der Waals surface area contributed by atoms with Crippen molar-refractivity contribution in [1.82, 2.24) is 4.90 Å². The fraction of sp³-hybridized carbons (Fsp3) is 0.556. The molecule has 0 aliphatic carbocycles. The highest BCUT2D eigenvalue weighted by Gasteiger charge is 2.24. The molecule has 0 aromatic heterocycles. The molecule has 1 amide bonds. The lowest BCUT2D eigenvalue weighted by atomic mass is 9.93. The molecular formula is C18H25NO4. The van der Waals surface area contributed by atoms with Gasteiger partial charge in [0.1, 0.15) is 5.75 Å². The van der Waals surface area contributed by atoms with Crippen LogP contribution in [0.5, 0.6) is 5.75 Å². The summed E-state index contributed by atoms with van der Waals surface area (Å²) in [4.78, 5) is 25.0. The maximum Gasteiger partial charge on any atom is 0.303 e. The van der Waals surface area contributed by atoms with Crippen molar-refractivity contribution in [1.29, 1.82) is 0 Å². The van der Waals surface area contributed by atoms with E-state index in [2.05, 4.69) is 0 Å². The van der Waals surface area contributed by atoms with Crippen molar-refractivity contribution in [3.05, 3.63) is 29.8 Å². The van der Waals surface area contributed by atoms with Crippen LogP contribution in [0, 0.1) is 5.92 Å². The molecule has 1 fully saturated rings. The van der Waals surface area contributed by atoms with Crippen LogP contribution in [0.4, 0.5) is 0 Å². The first kappa shape index (κ1) is 17.3. The Morgan fingerprint density at radius 1 is 1.30 bits per heavy atom. The average molecular weight is 319 g/mol. The monoisotopic (exact) mass is 319 g/mol. The molecule has 5 heteroatoms. The molecule has 1 N–H and O–H groups in total. The maximum atomic E-state index is 12.4. The number of nitrogens with zero attached hydrogens (tertiary/aromatic N) is 1. The minimum Gasteiger partial charge on any atom is -0.494 e. The summed E-state index contributed by atoms with van der Waals surface area (Å²) in [5.74, 6) is 0.483. The van der Waals surface area contributed by atoms with Crippen molar-refractivity contribution in [2.24, 2.45) is 5.92 Å². The number of rotatable bonds is 7. The van der Waals surface area contributed by atoms with Gasteiger partial charge in [-0.05, 0) is 49.8 Å². The molecule has 0 bridgehead atoms. The molecule has 1 saturated heterocycles. The molecule has 1 aliphatic heterocycles. The minimum atomic E-state index is -0.761. The quantitative estimate of drug-likeness (QED) is 0.839. The third-order valence-electron chi connectivity index (χ3n) is 4.23. The van der Waals surface area contributed by atoms with Gasteiger partial charge in [-0.15, -0.1) is 0 Å². The highest BCUT2D eigenvalue weighted by Crippen LogP contribution is 2.22. The topological polar surface area (TPSA) is 66.8 Å². The van der Waals surface area contributed by atoms with E-state index in [1.54, 1.807) is 0 Å². The molecule has 1 heterocycles. The second kappa shape index (κ2) is 8.56. The normalized spacial score (nSPS) is 17.8. The second-order valence-electron chi connectivity index (χ2n) is 6.03. The Hall–Kier alpha value is -2.04. The van der Waals surface area contributed by atoms with Gasteiger partial charge in [-0.25, -0.2) is 0 Å².